The third-order valence-electron chi connectivity index (χ3n) is 4.73. The normalized spacial score (nSPS) is 16.0. The SMILES string of the molecule is CCN(Cc1cccc(F)c1)C(=O)C1CCN(C(=O)C(C)(C)C)CC1. The summed E-state index contributed by atoms with van der Waals surface area (Å²) in [5, 5.41) is 0. The number of nitrogens with zero attached hydrogens (tertiary/aromatic N) is 2. The average molecular weight is 348 g/mol. The molecule has 1 aromatic carbocycles. The maximum absolute atomic E-state index is 13.4. The van der Waals surface area contributed by atoms with Gasteiger partial charge in [0.2, 0.25) is 11.8 Å². The highest BCUT2D eigenvalue weighted by Crippen LogP contribution is 2.25. The summed E-state index contributed by atoms with van der Waals surface area (Å²) in [6.45, 7) is 9.98. The molecule has 1 aromatic rings. The fraction of sp³-hybridized carbons (Fsp3) is 0.600. The Hall–Kier alpha value is -1.91. The van der Waals surface area contributed by atoms with E-state index in [9.17, 15) is 14.0 Å². The predicted molar refractivity (Wildman–Crippen MR) is 96.3 cm³/mol. The Labute approximate surface area is 150 Å². The molecule has 5 heteroatoms. The van der Waals surface area contributed by atoms with Crippen LogP contribution in [0.5, 0.6) is 0 Å². The summed E-state index contributed by atoms with van der Waals surface area (Å²) < 4.78 is 13.4. The van der Waals surface area contributed by atoms with Crippen molar-refractivity contribution in [3.63, 3.8) is 0 Å². The van der Waals surface area contributed by atoms with Crippen LogP contribution in [0.4, 0.5) is 4.39 Å². The molecule has 0 atom stereocenters. The van der Waals surface area contributed by atoms with Crippen LogP contribution in [-0.4, -0.2) is 41.2 Å². The Morgan fingerprint density at radius 3 is 2.40 bits per heavy atom. The van der Waals surface area contributed by atoms with Crippen molar-refractivity contribution in [3.8, 4) is 0 Å². The molecule has 0 radical (unpaired) electrons. The van der Waals surface area contributed by atoms with Crippen LogP contribution >= 0.6 is 0 Å². The number of piperidine rings is 1. The van der Waals surface area contributed by atoms with Gasteiger partial charge in [0.25, 0.3) is 0 Å². The second kappa shape index (κ2) is 7.98. The third-order valence-corrected chi connectivity index (χ3v) is 4.73. The van der Waals surface area contributed by atoms with Crippen molar-refractivity contribution in [1.82, 2.24) is 9.80 Å². The second-order valence-electron chi connectivity index (χ2n) is 7.80. The summed E-state index contributed by atoms with van der Waals surface area (Å²) in [5.74, 6) is -0.0901. The lowest BCUT2D eigenvalue weighted by atomic mass is 9.90. The largest absolute Gasteiger partial charge is 0.342 e. The highest BCUT2D eigenvalue weighted by atomic mass is 19.1. The van der Waals surface area contributed by atoms with E-state index < -0.39 is 0 Å². The van der Waals surface area contributed by atoms with E-state index in [0.717, 1.165) is 5.56 Å². The summed E-state index contributed by atoms with van der Waals surface area (Å²) in [7, 11) is 0. The van der Waals surface area contributed by atoms with Crippen LogP contribution in [0, 0.1) is 17.2 Å². The number of carbonyl (C=O) groups excluding carboxylic acids is 2. The van der Waals surface area contributed by atoms with Gasteiger partial charge in [-0.2, -0.15) is 0 Å². The molecule has 4 nitrogen and oxygen atoms in total. The fourth-order valence-electron chi connectivity index (χ4n) is 3.26. The highest BCUT2D eigenvalue weighted by molar-refractivity contribution is 5.82. The quantitative estimate of drug-likeness (QED) is 0.836. The molecule has 1 saturated heterocycles. The third kappa shape index (κ3) is 5.03. The van der Waals surface area contributed by atoms with Gasteiger partial charge in [0.05, 0.1) is 0 Å². The molecule has 0 aliphatic carbocycles. The Morgan fingerprint density at radius 1 is 1.24 bits per heavy atom. The zero-order valence-electron chi connectivity index (χ0n) is 15.7. The summed E-state index contributed by atoms with van der Waals surface area (Å²) in [4.78, 5) is 28.8. The van der Waals surface area contributed by atoms with Crippen LogP contribution in [0.25, 0.3) is 0 Å². The van der Waals surface area contributed by atoms with E-state index in [-0.39, 0.29) is 29.0 Å². The van der Waals surface area contributed by atoms with Crippen molar-refractivity contribution in [2.75, 3.05) is 19.6 Å². The van der Waals surface area contributed by atoms with Crippen molar-refractivity contribution in [1.29, 1.82) is 0 Å². The number of likely N-dealkylation sites (tertiary alicyclic amines) is 1. The number of halogens is 1. The number of amides is 2. The second-order valence-corrected chi connectivity index (χ2v) is 7.80. The zero-order valence-corrected chi connectivity index (χ0v) is 15.7. The first-order chi connectivity index (χ1) is 11.7. The van der Waals surface area contributed by atoms with Crippen molar-refractivity contribution in [2.45, 2.75) is 47.1 Å². The molecule has 1 heterocycles. The lowest BCUT2D eigenvalue weighted by Gasteiger charge is -2.36. The van der Waals surface area contributed by atoms with Gasteiger partial charge in [-0.05, 0) is 37.5 Å². The fourth-order valence-corrected chi connectivity index (χ4v) is 3.26. The maximum Gasteiger partial charge on any atom is 0.227 e. The van der Waals surface area contributed by atoms with Crippen LogP contribution < -0.4 is 0 Å². The topological polar surface area (TPSA) is 40.6 Å². The van der Waals surface area contributed by atoms with E-state index in [1.54, 1.807) is 11.0 Å². The van der Waals surface area contributed by atoms with E-state index in [0.29, 0.717) is 39.0 Å². The average Bonchev–Trinajstić information content (AvgIpc) is 2.58. The van der Waals surface area contributed by atoms with Crippen molar-refractivity contribution in [2.24, 2.45) is 11.3 Å². The molecule has 138 valence electrons. The van der Waals surface area contributed by atoms with Gasteiger partial charge in [-0.3, -0.25) is 9.59 Å². The predicted octanol–water partition coefficient (Wildman–Crippen LogP) is 3.46. The lowest BCUT2D eigenvalue weighted by Crippen LogP contribution is -2.47. The molecule has 0 N–H and O–H groups in total. The first-order valence-corrected chi connectivity index (χ1v) is 9.05. The van der Waals surface area contributed by atoms with Gasteiger partial charge in [-0.25, -0.2) is 4.39 Å². The zero-order chi connectivity index (χ0) is 18.6. The van der Waals surface area contributed by atoms with E-state index in [4.69, 9.17) is 0 Å². The number of benzene rings is 1. The molecule has 1 aliphatic heterocycles. The molecule has 0 spiro atoms. The van der Waals surface area contributed by atoms with Gasteiger partial charge in [0, 0.05) is 37.5 Å². The van der Waals surface area contributed by atoms with Gasteiger partial charge in [0.15, 0.2) is 0 Å². The Morgan fingerprint density at radius 2 is 1.88 bits per heavy atom. The van der Waals surface area contributed by atoms with Crippen molar-refractivity contribution in [3.05, 3.63) is 35.6 Å². The van der Waals surface area contributed by atoms with Gasteiger partial charge in [-0.1, -0.05) is 32.9 Å². The van der Waals surface area contributed by atoms with Crippen LogP contribution in [0.15, 0.2) is 24.3 Å². The molecule has 1 fully saturated rings. The van der Waals surface area contributed by atoms with E-state index in [1.165, 1.54) is 12.1 Å². The van der Waals surface area contributed by atoms with Crippen LogP contribution in [0.2, 0.25) is 0 Å². The molecule has 2 amide bonds. The Kier molecular flexibility index (Phi) is 6.20. The minimum Gasteiger partial charge on any atom is -0.342 e. The minimum atomic E-state index is -0.385. The van der Waals surface area contributed by atoms with Gasteiger partial charge in [0.1, 0.15) is 5.82 Å². The first kappa shape index (κ1) is 19.4. The molecule has 25 heavy (non-hydrogen) atoms. The van der Waals surface area contributed by atoms with Crippen molar-refractivity contribution < 1.29 is 14.0 Å². The molecule has 0 unspecified atom stereocenters. The minimum absolute atomic E-state index is 0.0578. The van der Waals surface area contributed by atoms with E-state index >= 15 is 0 Å². The molecule has 1 aliphatic rings. The molecular weight excluding hydrogens is 319 g/mol. The number of carbonyl (C=O) groups is 2. The lowest BCUT2D eigenvalue weighted by molar-refractivity contribution is -0.145. The van der Waals surface area contributed by atoms with E-state index in [2.05, 4.69) is 0 Å². The number of hydrogen-bond donors (Lipinski definition) is 0. The van der Waals surface area contributed by atoms with Crippen LogP contribution in [0.3, 0.4) is 0 Å². The number of rotatable bonds is 4. The highest BCUT2D eigenvalue weighted by Gasteiger charge is 2.33. The molecular formula is C20H29FN2O2. The summed E-state index contributed by atoms with van der Waals surface area (Å²) in [6.07, 6.45) is 1.39. The molecule has 0 aromatic heterocycles. The van der Waals surface area contributed by atoms with Gasteiger partial charge in [-0.15, -0.1) is 0 Å². The molecule has 2 rings (SSSR count). The summed E-state index contributed by atoms with van der Waals surface area (Å²) in [5.41, 5.74) is 0.416. The Bertz CT molecular complexity index is 616. The van der Waals surface area contributed by atoms with Gasteiger partial charge >= 0.3 is 0 Å². The van der Waals surface area contributed by atoms with Crippen LogP contribution in [0.1, 0.15) is 46.1 Å². The monoisotopic (exact) mass is 348 g/mol. The van der Waals surface area contributed by atoms with Gasteiger partial charge < -0.3 is 9.80 Å². The molecule has 0 bridgehead atoms. The summed E-state index contributed by atoms with van der Waals surface area (Å²) in [6, 6.07) is 6.38. The molecule has 0 saturated carbocycles. The standard InChI is InChI=1S/C20H29FN2O2/c1-5-22(14-15-7-6-8-17(21)13-15)18(24)16-9-11-23(12-10-16)19(25)20(2,3)4/h6-8,13,16H,5,9-12,14H2,1-4H3. The van der Waals surface area contributed by atoms with Crippen LogP contribution in [-0.2, 0) is 16.1 Å². The Balaban J connectivity index is 1.95. The maximum atomic E-state index is 13.4. The first-order valence-electron chi connectivity index (χ1n) is 9.05. The van der Waals surface area contributed by atoms with Crippen molar-refractivity contribution >= 4 is 11.8 Å². The van der Waals surface area contributed by atoms with E-state index in [1.807, 2.05) is 38.7 Å². The summed E-state index contributed by atoms with van der Waals surface area (Å²) >= 11 is 0. The smallest absolute Gasteiger partial charge is 0.227 e. The number of hydrogen-bond acceptors (Lipinski definition) is 2.